The number of hydrogen-bond donors (Lipinski definition) is 0. The Morgan fingerprint density at radius 2 is 1.63 bits per heavy atom. The maximum absolute atomic E-state index is 13.8. The summed E-state index contributed by atoms with van der Waals surface area (Å²) < 4.78 is 28.6. The largest absolute Gasteiger partial charge is 0.268 e. The summed E-state index contributed by atoms with van der Waals surface area (Å²) in [6.07, 6.45) is 0. The topological polar surface area (TPSA) is 34.9 Å². The lowest BCUT2D eigenvalue weighted by Crippen LogP contribution is -2.14. The lowest BCUT2D eigenvalue weighted by molar-refractivity contribution is 0.0965. The van der Waals surface area contributed by atoms with Crippen molar-refractivity contribution in [3.63, 3.8) is 0 Å². The molecule has 0 N–H and O–H groups in total. The van der Waals surface area contributed by atoms with Crippen LogP contribution in [0.25, 0.3) is 33.2 Å². The van der Waals surface area contributed by atoms with E-state index in [0.717, 1.165) is 28.5 Å². The van der Waals surface area contributed by atoms with Gasteiger partial charge in [0, 0.05) is 16.1 Å². The van der Waals surface area contributed by atoms with Gasteiger partial charge in [0.2, 0.25) is 0 Å². The molecule has 5 aromatic rings. The van der Waals surface area contributed by atoms with Gasteiger partial charge in [-0.2, -0.15) is 0 Å². The highest BCUT2D eigenvalue weighted by atomic mass is 35.5. The molecule has 0 radical (unpaired) electrons. The van der Waals surface area contributed by atoms with Crippen molar-refractivity contribution in [1.82, 2.24) is 9.55 Å². The zero-order valence-corrected chi connectivity index (χ0v) is 16.2. The standard InChI is InChI=1S/C24H13ClF2N2O/c25-18-8-10-22-21(13-18)28-23(16-6-5-14-3-1-2-4-15(14)11-16)29(22)24(30)17-7-9-19(26)20(27)12-17/h1-13H. The van der Waals surface area contributed by atoms with E-state index in [1.165, 1.54) is 10.6 Å². The van der Waals surface area contributed by atoms with Gasteiger partial charge in [0.05, 0.1) is 11.0 Å². The third kappa shape index (κ3) is 3.04. The summed E-state index contributed by atoms with van der Waals surface area (Å²) >= 11 is 6.11. The van der Waals surface area contributed by atoms with Crippen molar-refractivity contribution in [3.05, 3.63) is 101 Å². The summed E-state index contributed by atoms with van der Waals surface area (Å²) in [4.78, 5) is 18.0. The molecule has 0 fully saturated rings. The van der Waals surface area contributed by atoms with Crippen LogP contribution in [-0.4, -0.2) is 15.5 Å². The summed E-state index contributed by atoms with van der Waals surface area (Å²) in [5.41, 5.74) is 1.79. The van der Waals surface area contributed by atoms with Crippen molar-refractivity contribution in [2.75, 3.05) is 0 Å². The monoisotopic (exact) mass is 418 g/mol. The molecule has 0 bridgehead atoms. The van der Waals surface area contributed by atoms with Crippen molar-refractivity contribution in [3.8, 4) is 11.4 Å². The van der Waals surface area contributed by atoms with Crippen molar-refractivity contribution in [2.45, 2.75) is 0 Å². The van der Waals surface area contributed by atoms with Crippen LogP contribution in [0, 0.1) is 11.6 Å². The quantitative estimate of drug-likeness (QED) is 0.329. The van der Waals surface area contributed by atoms with Crippen molar-refractivity contribution in [1.29, 1.82) is 0 Å². The molecule has 3 nitrogen and oxygen atoms in total. The summed E-state index contributed by atoms with van der Waals surface area (Å²) in [5, 5.41) is 2.53. The Morgan fingerprint density at radius 1 is 0.833 bits per heavy atom. The smallest absolute Gasteiger partial charge is 0.264 e. The Bertz CT molecular complexity index is 1460. The molecular formula is C24H13ClF2N2O. The number of rotatable bonds is 2. The second-order valence-electron chi connectivity index (χ2n) is 6.90. The van der Waals surface area contributed by atoms with Gasteiger partial charge < -0.3 is 0 Å². The molecular weight excluding hydrogens is 406 g/mol. The molecule has 146 valence electrons. The van der Waals surface area contributed by atoms with Crippen LogP contribution in [0.1, 0.15) is 10.4 Å². The van der Waals surface area contributed by atoms with Gasteiger partial charge in [-0.1, -0.05) is 48.0 Å². The highest BCUT2D eigenvalue weighted by molar-refractivity contribution is 6.31. The normalized spacial score (nSPS) is 11.3. The van der Waals surface area contributed by atoms with Crippen LogP contribution >= 0.6 is 11.6 Å². The van der Waals surface area contributed by atoms with E-state index < -0.39 is 17.5 Å². The molecule has 1 heterocycles. The molecule has 0 aliphatic rings. The second kappa shape index (κ2) is 7.04. The lowest BCUT2D eigenvalue weighted by atomic mass is 10.1. The molecule has 0 aliphatic heterocycles. The van der Waals surface area contributed by atoms with Crippen molar-refractivity contribution < 1.29 is 13.6 Å². The summed E-state index contributed by atoms with van der Waals surface area (Å²) in [5.74, 6) is -2.21. The first kappa shape index (κ1) is 18.5. The average molecular weight is 419 g/mol. The van der Waals surface area contributed by atoms with Gasteiger partial charge in [-0.3, -0.25) is 9.36 Å². The molecule has 6 heteroatoms. The highest BCUT2D eigenvalue weighted by Crippen LogP contribution is 2.30. The molecule has 0 saturated heterocycles. The molecule has 0 saturated carbocycles. The Hall–Kier alpha value is -3.57. The summed E-state index contributed by atoms with van der Waals surface area (Å²) in [7, 11) is 0. The highest BCUT2D eigenvalue weighted by Gasteiger charge is 2.21. The number of benzene rings is 4. The van der Waals surface area contributed by atoms with E-state index in [4.69, 9.17) is 11.6 Å². The van der Waals surface area contributed by atoms with Crippen LogP contribution in [0.2, 0.25) is 5.02 Å². The van der Waals surface area contributed by atoms with E-state index in [0.29, 0.717) is 21.9 Å². The Kier molecular flexibility index (Phi) is 4.33. The van der Waals surface area contributed by atoms with E-state index in [2.05, 4.69) is 4.98 Å². The number of imidazole rings is 1. The number of carbonyl (C=O) groups excluding carboxylic acids is 1. The van der Waals surface area contributed by atoms with Gasteiger partial charge in [0.25, 0.3) is 5.91 Å². The minimum Gasteiger partial charge on any atom is -0.268 e. The van der Waals surface area contributed by atoms with Crippen LogP contribution in [0.3, 0.4) is 0 Å². The molecule has 1 aromatic heterocycles. The van der Waals surface area contributed by atoms with E-state index >= 15 is 0 Å². The van der Waals surface area contributed by atoms with Gasteiger partial charge >= 0.3 is 0 Å². The molecule has 0 unspecified atom stereocenters. The van der Waals surface area contributed by atoms with Gasteiger partial charge in [-0.05, 0) is 53.2 Å². The SMILES string of the molecule is O=C(c1ccc(F)c(F)c1)n1c(-c2ccc3ccccc3c2)nc2cc(Cl)ccc21. The minimum atomic E-state index is -1.08. The first-order chi connectivity index (χ1) is 14.5. The predicted molar refractivity (Wildman–Crippen MR) is 114 cm³/mol. The lowest BCUT2D eigenvalue weighted by Gasteiger charge is -2.09. The van der Waals surface area contributed by atoms with Crippen LogP contribution in [0.4, 0.5) is 8.78 Å². The molecule has 30 heavy (non-hydrogen) atoms. The number of aromatic nitrogens is 2. The zero-order valence-electron chi connectivity index (χ0n) is 15.4. The molecule has 4 aromatic carbocycles. The molecule has 0 atom stereocenters. The van der Waals surface area contributed by atoms with Crippen molar-refractivity contribution >= 4 is 39.3 Å². The zero-order chi connectivity index (χ0) is 20.8. The molecule has 0 spiro atoms. The first-order valence-electron chi connectivity index (χ1n) is 9.18. The Balaban J connectivity index is 1.76. The fourth-order valence-corrected chi connectivity index (χ4v) is 3.71. The molecule has 5 rings (SSSR count). The van der Waals surface area contributed by atoms with Gasteiger partial charge in [0.15, 0.2) is 11.6 Å². The summed E-state index contributed by atoms with van der Waals surface area (Å²) in [6, 6.07) is 21.7. The van der Waals surface area contributed by atoms with E-state index in [-0.39, 0.29) is 5.56 Å². The fraction of sp³-hybridized carbons (Fsp3) is 0. The predicted octanol–water partition coefficient (Wildman–Crippen LogP) is 6.48. The number of hydrogen-bond acceptors (Lipinski definition) is 2. The van der Waals surface area contributed by atoms with Crippen LogP contribution in [-0.2, 0) is 0 Å². The fourth-order valence-electron chi connectivity index (χ4n) is 3.54. The van der Waals surface area contributed by atoms with Crippen molar-refractivity contribution in [2.24, 2.45) is 0 Å². The number of nitrogens with zero attached hydrogens (tertiary/aromatic N) is 2. The van der Waals surface area contributed by atoms with Gasteiger partial charge in [-0.15, -0.1) is 0 Å². The minimum absolute atomic E-state index is 0.0187. The van der Waals surface area contributed by atoms with E-state index in [1.807, 2.05) is 42.5 Å². The number of halogens is 3. The van der Waals surface area contributed by atoms with E-state index in [9.17, 15) is 13.6 Å². The van der Waals surface area contributed by atoms with Gasteiger partial charge in [-0.25, -0.2) is 13.8 Å². The average Bonchev–Trinajstić information content (AvgIpc) is 3.13. The van der Waals surface area contributed by atoms with Crippen LogP contribution in [0.5, 0.6) is 0 Å². The first-order valence-corrected chi connectivity index (χ1v) is 9.56. The third-order valence-electron chi connectivity index (χ3n) is 4.99. The Morgan fingerprint density at radius 3 is 2.43 bits per heavy atom. The third-order valence-corrected chi connectivity index (χ3v) is 5.23. The molecule has 0 aliphatic carbocycles. The number of fused-ring (bicyclic) bond motifs is 2. The van der Waals surface area contributed by atoms with Crippen LogP contribution in [0.15, 0.2) is 78.9 Å². The maximum atomic E-state index is 13.8. The van der Waals surface area contributed by atoms with E-state index in [1.54, 1.807) is 18.2 Å². The van der Waals surface area contributed by atoms with Crippen LogP contribution < -0.4 is 0 Å². The molecule has 0 amide bonds. The Labute approximate surface area is 175 Å². The number of carbonyl (C=O) groups is 1. The van der Waals surface area contributed by atoms with Gasteiger partial charge in [0.1, 0.15) is 5.82 Å². The summed E-state index contributed by atoms with van der Waals surface area (Å²) in [6.45, 7) is 0. The second-order valence-corrected chi connectivity index (χ2v) is 7.34. The maximum Gasteiger partial charge on any atom is 0.264 e.